The molecule has 78 valence electrons. The van der Waals surface area contributed by atoms with Gasteiger partial charge in [0, 0.05) is 9.75 Å². The standard InChI is InChI=1S/C12H11FOS/c1-8-2-3-12(15-8)10-4-9(7-14)5-11(13)6-10/h2-6,14H,7H2,1H3. The van der Waals surface area contributed by atoms with E-state index >= 15 is 0 Å². The minimum atomic E-state index is -0.303. The van der Waals surface area contributed by atoms with Crippen molar-refractivity contribution in [2.45, 2.75) is 13.5 Å². The SMILES string of the molecule is Cc1ccc(-c2cc(F)cc(CO)c2)s1. The molecule has 0 bridgehead atoms. The molecule has 2 aromatic rings. The molecule has 1 aromatic carbocycles. The van der Waals surface area contributed by atoms with Crippen LogP contribution in [0.3, 0.4) is 0 Å². The average molecular weight is 222 g/mol. The highest BCUT2D eigenvalue weighted by Gasteiger charge is 2.04. The van der Waals surface area contributed by atoms with Crippen LogP contribution in [-0.2, 0) is 6.61 Å². The molecule has 2 rings (SSSR count). The highest BCUT2D eigenvalue weighted by Crippen LogP contribution is 2.28. The van der Waals surface area contributed by atoms with Gasteiger partial charge in [-0.3, -0.25) is 0 Å². The topological polar surface area (TPSA) is 20.2 Å². The van der Waals surface area contributed by atoms with Crippen LogP contribution in [0.15, 0.2) is 30.3 Å². The summed E-state index contributed by atoms with van der Waals surface area (Å²) in [5, 5.41) is 8.98. The number of aryl methyl sites for hydroxylation is 1. The summed E-state index contributed by atoms with van der Waals surface area (Å²) < 4.78 is 13.2. The van der Waals surface area contributed by atoms with Crippen molar-refractivity contribution < 1.29 is 9.50 Å². The van der Waals surface area contributed by atoms with Gasteiger partial charge in [0.25, 0.3) is 0 Å². The van der Waals surface area contributed by atoms with Gasteiger partial charge in [0.1, 0.15) is 5.82 Å². The first-order valence-electron chi connectivity index (χ1n) is 4.66. The van der Waals surface area contributed by atoms with E-state index in [-0.39, 0.29) is 12.4 Å². The monoisotopic (exact) mass is 222 g/mol. The molecule has 15 heavy (non-hydrogen) atoms. The Bertz CT molecular complexity index is 476. The Hall–Kier alpha value is -1.19. The summed E-state index contributed by atoms with van der Waals surface area (Å²) in [7, 11) is 0. The molecule has 0 aliphatic heterocycles. The molecule has 1 aromatic heterocycles. The molecule has 0 amide bonds. The lowest BCUT2D eigenvalue weighted by Crippen LogP contribution is -1.86. The van der Waals surface area contributed by atoms with Crippen LogP contribution in [0.5, 0.6) is 0 Å². The summed E-state index contributed by atoms with van der Waals surface area (Å²) in [6.45, 7) is 1.88. The lowest BCUT2D eigenvalue weighted by atomic mass is 10.1. The van der Waals surface area contributed by atoms with Gasteiger partial charge in [-0.05, 0) is 48.4 Å². The third-order valence-electron chi connectivity index (χ3n) is 2.17. The van der Waals surface area contributed by atoms with E-state index in [9.17, 15) is 4.39 Å². The molecular weight excluding hydrogens is 211 g/mol. The molecule has 0 saturated heterocycles. The van der Waals surface area contributed by atoms with Crippen LogP contribution in [0.1, 0.15) is 10.4 Å². The quantitative estimate of drug-likeness (QED) is 0.826. The summed E-state index contributed by atoms with van der Waals surface area (Å²) in [6.07, 6.45) is 0. The first kappa shape index (κ1) is 10.3. The number of aliphatic hydroxyl groups excluding tert-OH is 1. The van der Waals surface area contributed by atoms with E-state index in [1.165, 1.54) is 17.0 Å². The molecule has 1 N–H and O–H groups in total. The molecule has 0 saturated carbocycles. The predicted molar refractivity (Wildman–Crippen MR) is 60.4 cm³/mol. The van der Waals surface area contributed by atoms with Crippen molar-refractivity contribution >= 4 is 11.3 Å². The summed E-state index contributed by atoms with van der Waals surface area (Å²) in [5.41, 5.74) is 1.44. The van der Waals surface area contributed by atoms with Gasteiger partial charge < -0.3 is 5.11 Å². The second kappa shape index (κ2) is 4.13. The second-order valence-corrected chi connectivity index (χ2v) is 4.70. The second-order valence-electron chi connectivity index (χ2n) is 3.42. The zero-order valence-corrected chi connectivity index (χ0v) is 9.14. The maximum atomic E-state index is 13.2. The number of hydrogen-bond acceptors (Lipinski definition) is 2. The van der Waals surface area contributed by atoms with E-state index in [1.807, 2.05) is 25.1 Å². The summed E-state index contributed by atoms with van der Waals surface area (Å²) in [5.74, 6) is -0.303. The molecule has 0 unspecified atom stereocenters. The maximum absolute atomic E-state index is 13.2. The lowest BCUT2D eigenvalue weighted by molar-refractivity contribution is 0.281. The summed E-state index contributed by atoms with van der Waals surface area (Å²) in [4.78, 5) is 2.22. The zero-order valence-electron chi connectivity index (χ0n) is 8.33. The van der Waals surface area contributed by atoms with Crippen molar-refractivity contribution in [3.8, 4) is 10.4 Å². The Morgan fingerprint density at radius 2 is 2.07 bits per heavy atom. The third kappa shape index (κ3) is 2.25. The largest absolute Gasteiger partial charge is 0.392 e. The zero-order chi connectivity index (χ0) is 10.8. The van der Waals surface area contributed by atoms with Gasteiger partial charge in [0.05, 0.1) is 6.61 Å². The van der Waals surface area contributed by atoms with Crippen LogP contribution in [0.2, 0.25) is 0 Å². The van der Waals surface area contributed by atoms with Crippen LogP contribution in [0, 0.1) is 12.7 Å². The fraction of sp³-hybridized carbons (Fsp3) is 0.167. The van der Waals surface area contributed by atoms with Crippen molar-refractivity contribution in [3.63, 3.8) is 0 Å². The first-order chi connectivity index (χ1) is 7.19. The lowest BCUT2D eigenvalue weighted by Gasteiger charge is -2.01. The average Bonchev–Trinajstić information content (AvgIpc) is 2.64. The number of hydrogen-bond donors (Lipinski definition) is 1. The molecule has 0 fully saturated rings. The molecule has 0 atom stereocenters. The Kier molecular flexibility index (Phi) is 2.84. The molecule has 1 nitrogen and oxygen atoms in total. The highest BCUT2D eigenvalue weighted by molar-refractivity contribution is 7.15. The molecule has 0 aliphatic carbocycles. The minimum Gasteiger partial charge on any atom is -0.392 e. The van der Waals surface area contributed by atoms with Crippen LogP contribution >= 0.6 is 11.3 Å². The number of aliphatic hydroxyl groups is 1. The molecule has 0 spiro atoms. The van der Waals surface area contributed by atoms with Crippen LogP contribution < -0.4 is 0 Å². The van der Waals surface area contributed by atoms with Gasteiger partial charge in [0.15, 0.2) is 0 Å². The van der Waals surface area contributed by atoms with Gasteiger partial charge in [-0.15, -0.1) is 11.3 Å². The van der Waals surface area contributed by atoms with Gasteiger partial charge >= 0.3 is 0 Å². The van der Waals surface area contributed by atoms with Crippen LogP contribution in [0.4, 0.5) is 4.39 Å². The Morgan fingerprint density at radius 3 is 2.67 bits per heavy atom. The highest BCUT2D eigenvalue weighted by atomic mass is 32.1. The molecular formula is C12H11FOS. The van der Waals surface area contributed by atoms with Gasteiger partial charge in [0.2, 0.25) is 0 Å². The van der Waals surface area contributed by atoms with Crippen molar-refractivity contribution in [2.24, 2.45) is 0 Å². The first-order valence-corrected chi connectivity index (χ1v) is 5.48. The Morgan fingerprint density at radius 1 is 1.27 bits per heavy atom. The van der Waals surface area contributed by atoms with E-state index in [2.05, 4.69) is 0 Å². The summed E-state index contributed by atoms with van der Waals surface area (Å²) >= 11 is 1.62. The van der Waals surface area contributed by atoms with Gasteiger partial charge in [-0.1, -0.05) is 0 Å². The number of rotatable bonds is 2. The molecule has 0 radical (unpaired) electrons. The predicted octanol–water partition coefficient (Wildman–Crippen LogP) is 3.35. The van der Waals surface area contributed by atoms with E-state index < -0.39 is 0 Å². The minimum absolute atomic E-state index is 0.130. The van der Waals surface area contributed by atoms with Gasteiger partial charge in [-0.2, -0.15) is 0 Å². The van der Waals surface area contributed by atoms with E-state index in [4.69, 9.17) is 5.11 Å². The maximum Gasteiger partial charge on any atom is 0.124 e. The third-order valence-corrected chi connectivity index (χ3v) is 3.21. The van der Waals surface area contributed by atoms with E-state index in [1.54, 1.807) is 11.3 Å². The van der Waals surface area contributed by atoms with Crippen molar-refractivity contribution in [3.05, 3.63) is 46.6 Å². The Labute approximate surface area is 91.8 Å². The fourth-order valence-corrected chi connectivity index (χ4v) is 2.33. The van der Waals surface area contributed by atoms with Crippen molar-refractivity contribution in [1.82, 2.24) is 0 Å². The molecule has 1 heterocycles. The number of benzene rings is 1. The van der Waals surface area contributed by atoms with E-state index in [0.29, 0.717) is 5.56 Å². The van der Waals surface area contributed by atoms with Crippen LogP contribution in [-0.4, -0.2) is 5.11 Å². The molecule has 0 aliphatic rings. The smallest absolute Gasteiger partial charge is 0.124 e. The van der Waals surface area contributed by atoms with Gasteiger partial charge in [-0.25, -0.2) is 4.39 Å². The normalized spacial score (nSPS) is 10.6. The fourth-order valence-electron chi connectivity index (χ4n) is 1.47. The van der Waals surface area contributed by atoms with E-state index in [0.717, 1.165) is 10.4 Å². The van der Waals surface area contributed by atoms with Crippen molar-refractivity contribution in [2.75, 3.05) is 0 Å². The number of halogens is 1. The Balaban J connectivity index is 2.48. The van der Waals surface area contributed by atoms with Crippen molar-refractivity contribution in [1.29, 1.82) is 0 Å². The van der Waals surface area contributed by atoms with Crippen LogP contribution in [0.25, 0.3) is 10.4 Å². The summed E-state index contributed by atoms with van der Waals surface area (Å²) in [6, 6.07) is 8.63. The number of thiophene rings is 1. The molecule has 3 heteroatoms.